The fourth-order valence-corrected chi connectivity index (χ4v) is 2.15. The number of guanidine groups is 1. The van der Waals surface area contributed by atoms with Crippen LogP contribution in [0.15, 0.2) is 4.99 Å². The molecular weight excluding hydrogens is 242 g/mol. The molecule has 6 nitrogen and oxygen atoms in total. The molecular formula is C13H29N5O. The third-order valence-electron chi connectivity index (χ3n) is 3.35. The summed E-state index contributed by atoms with van der Waals surface area (Å²) in [4.78, 5) is 9.10. The highest BCUT2D eigenvalue weighted by Crippen LogP contribution is 1.99. The lowest BCUT2D eigenvalue weighted by atomic mass is 10.4. The Morgan fingerprint density at radius 1 is 1.16 bits per heavy atom. The van der Waals surface area contributed by atoms with Crippen LogP contribution in [0.25, 0.3) is 0 Å². The number of nitrogens with zero attached hydrogens (tertiary/aromatic N) is 3. The molecule has 0 saturated carbocycles. The molecule has 0 unspecified atom stereocenters. The number of methoxy groups -OCH3 is 1. The third kappa shape index (κ3) is 7.34. The van der Waals surface area contributed by atoms with E-state index in [2.05, 4.69) is 32.5 Å². The molecule has 1 aliphatic heterocycles. The minimum absolute atomic E-state index is 0.694. The summed E-state index contributed by atoms with van der Waals surface area (Å²) in [6, 6.07) is 0. The number of ether oxygens (including phenoxy) is 1. The van der Waals surface area contributed by atoms with E-state index in [4.69, 9.17) is 4.74 Å². The summed E-state index contributed by atoms with van der Waals surface area (Å²) in [5.74, 6) is 0.851. The molecule has 0 radical (unpaired) electrons. The van der Waals surface area contributed by atoms with Crippen LogP contribution in [0.1, 0.15) is 6.42 Å². The van der Waals surface area contributed by atoms with Crippen LogP contribution in [0, 0.1) is 0 Å². The molecule has 1 rings (SSSR count). The Hall–Kier alpha value is -0.850. The normalized spacial score (nSPS) is 19.2. The Morgan fingerprint density at radius 2 is 1.95 bits per heavy atom. The molecule has 112 valence electrons. The first kappa shape index (κ1) is 16.2. The van der Waals surface area contributed by atoms with Gasteiger partial charge >= 0.3 is 0 Å². The minimum atomic E-state index is 0.694. The quantitative estimate of drug-likeness (QED) is 0.385. The van der Waals surface area contributed by atoms with Crippen molar-refractivity contribution in [1.29, 1.82) is 0 Å². The average Bonchev–Trinajstić information content (AvgIpc) is 2.62. The summed E-state index contributed by atoms with van der Waals surface area (Å²) in [5, 5.41) is 6.55. The highest BCUT2D eigenvalue weighted by Gasteiger charge is 2.11. The summed E-state index contributed by atoms with van der Waals surface area (Å²) in [6.07, 6.45) is 1.26. The van der Waals surface area contributed by atoms with Crippen molar-refractivity contribution in [3.63, 3.8) is 0 Å². The van der Waals surface area contributed by atoms with E-state index in [0.717, 1.165) is 32.1 Å². The molecule has 0 aromatic carbocycles. The van der Waals surface area contributed by atoms with Crippen LogP contribution in [0.3, 0.4) is 0 Å². The zero-order valence-corrected chi connectivity index (χ0v) is 12.6. The number of aliphatic imine (C=N–C) groups is 1. The van der Waals surface area contributed by atoms with Gasteiger partial charge in [-0.3, -0.25) is 4.99 Å². The number of hydrogen-bond donors (Lipinski definition) is 2. The van der Waals surface area contributed by atoms with E-state index in [1.54, 1.807) is 14.2 Å². The molecule has 19 heavy (non-hydrogen) atoms. The van der Waals surface area contributed by atoms with Gasteiger partial charge in [-0.05, 0) is 26.6 Å². The maximum absolute atomic E-state index is 5.00. The molecule has 1 saturated heterocycles. The van der Waals surface area contributed by atoms with Crippen molar-refractivity contribution in [3.8, 4) is 0 Å². The first-order chi connectivity index (χ1) is 9.26. The topological polar surface area (TPSA) is 52.1 Å². The smallest absolute Gasteiger partial charge is 0.191 e. The minimum Gasteiger partial charge on any atom is -0.383 e. The number of rotatable bonds is 6. The lowest BCUT2D eigenvalue weighted by molar-refractivity contribution is 0.203. The van der Waals surface area contributed by atoms with Crippen LogP contribution in [0.2, 0.25) is 0 Å². The van der Waals surface area contributed by atoms with Crippen molar-refractivity contribution >= 4 is 5.96 Å². The lowest BCUT2D eigenvalue weighted by Gasteiger charge is -2.21. The largest absolute Gasteiger partial charge is 0.383 e. The summed E-state index contributed by atoms with van der Waals surface area (Å²) in [7, 11) is 5.70. The Bertz CT molecular complexity index is 259. The van der Waals surface area contributed by atoms with Gasteiger partial charge < -0.3 is 25.2 Å². The molecule has 2 N–H and O–H groups in total. The van der Waals surface area contributed by atoms with Crippen molar-refractivity contribution in [2.75, 3.05) is 73.6 Å². The van der Waals surface area contributed by atoms with E-state index in [0.29, 0.717) is 6.61 Å². The highest BCUT2D eigenvalue weighted by atomic mass is 16.5. The zero-order chi connectivity index (χ0) is 13.9. The summed E-state index contributed by atoms with van der Waals surface area (Å²) >= 11 is 0. The first-order valence-corrected chi connectivity index (χ1v) is 7.10. The van der Waals surface area contributed by atoms with Gasteiger partial charge in [-0.25, -0.2) is 0 Å². The van der Waals surface area contributed by atoms with Crippen LogP contribution in [0.5, 0.6) is 0 Å². The van der Waals surface area contributed by atoms with Crippen molar-refractivity contribution in [1.82, 2.24) is 20.4 Å². The van der Waals surface area contributed by atoms with Crippen molar-refractivity contribution in [2.24, 2.45) is 4.99 Å². The number of likely N-dealkylation sites (N-methyl/N-ethyl adjacent to an activating group) is 1. The van der Waals surface area contributed by atoms with Gasteiger partial charge in [0.15, 0.2) is 5.96 Å². The molecule has 0 atom stereocenters. The fraction of sp³-hybridized carbons (Fsp3) is 0.923. The standard InChI is InChI=1S/C13H29N5O/c1-14-13(16-6-12-19-3)15-5-9-18-8-4-7-17(2)10-11-18/h4-12H2,1-3H3,(H2,14,15,16). The molecule has 0 spiro atoms. The Labute approximate surface area is 117 Å². The number of nitrogens with one attached hydrogen (secondary N) is 2. The van der Waals surface area contributed by atoms with Crippen molar-refractivity contribution in [2.45, 2.75) is 6.42 Å². The van der Waals surface area contributed by atoms with Crippen LogP contribution < -0.4 is 10.6 Å². The molecule has 1 aliphatic rings. The van der Waals surface area contributed by atoms with E-state index >= 15 is 0 Å². The van der Waals surface area contributed by atoms with Gasteiger partial charge in [-0.15, -0.1) is 0 Å². The molecule has 0 bridgehead atoms. The van der Waals surface area contributed by atoms with Crippen LogP contribution >= 0.6 is 0 Å². The van der Waals surface area contributed by atoms with E-state index in [9.17, 15) is 0 Å². The summed E-state index contributed by atoms with van der Waals surface area (Å²) in [6.45, 7) is 8.21. The Kier molecular flexibility index (Phi) is 8.53. The van der Waals surface area contributed by atoms with Crippen LogP contribution in [-0.4, -0.2) is 89.4 Å². The van der Waals surface area contributed by atoms with E-state index in [1.165, 1.54) is 26.1 Å². The maximum Gasteiger partial charge on any atom is 0.191 e. The maximum atomic E-state index is 5.00. The monoisotopic (exact) mass is 271 g/mol. The second-order valence-corrected chi connectivity index (χ2v) is 4.92. The molecule has 0 aliphatic carbocycles. The van der Waals surface area contributed by atoms with E-state index in [1.807, 2.05) is 0 Å². The van der Waals surface area contributed by atoms with Gasteiger partial charge in [-0.2, -0.15) is 0 Å². The third-order valence-corrected chi connectivity index (χ3v) is 3.35. The molecule has 0 aromatic heterocycles. The second kappa shape index (κ2) is 10.00. The van der Waals surface area contributed by atoms with Crippen molar-refractivity contribution < 1.29 is 4.74 Å². The summed E-state index contributed by atoms with van der Waals surface area (Å²) in [5.41, 5.74) is 0. The summed E-state index contributed by atoms with van der Waals surface area (Å²) < 4.78 is 5.00. The van der Waals surface area contributed by atoms with Crippen LogP contribution in [0.4, 0.5) is 0 Å². The zero-order valence-electron chi connectivity index (χ0n) is 12.6. The van der Waals surface area contributed by atoms with Crippen LogP contribution in [-0.2, 0) is 4.74 Å². The molecule has 6 heteroatoms. The van der Waals surface area contributed by atoms with Gasteiger partial charge in [0.1, 0.15) is 0 Å². The van der Waals surface area contributed by atoms with Gasteiger partial charge in [-0.1, -0.05) is 0 Å². The molecule has 0 amide bonds. The predicted molar refractivity (Wildman–Crippen MR) is 79.8 cm³/mol. The number of hydrogen-bond acceptors (Lipinski definition) is 4. The first-order valence-electron chi connectivity index (χ1n) is 7.10. The van der Waals surface area contributed by atoms with Crippen molar-refractivity contribution in [3.05, 3.63) is 0 Å². The Balaban J connectivity index is 2.13. The Morgan fingerprint density at radius 3 is 2.68 bits per heavy atom. The second-order valence-electron chi connectivity index (χ2n) is 4.92. The van der Waals surface area contributed by atoms with Gasteiger partial charge in [0.05, 0.1) is 6.61 Å². The van der Waals surface area contributed by atoms with Gasteiger partial charge in [0, 0.05) is 46.9 Å². The molecule has 1 fully saturated rings. The molecule has 1 heterocycles. The van der Waals surface area contributed by atoms with E-state index < -0.39 is 0 Å². The lowest BCUT2D eigenvalue weighted by Crippen LogP contribution is -2.43. The van der Waals surface area contributed by atoms with Gasteiger partial charge in [0.2, 0.25) is 0 Å². The van der Waals surface area contributed by atoms with Gasteiger partial charge in [0.25, 0.3) is 0 Å². The molecule has 0 aromatic rings. The SMILES string of the molecule is CN=C(NCCOC)NCCN1CCCN(C)CC1. The fourth-order valence-electron chi connectivity index (χ4n) is 2.15. The predicted octanol–water partition coefficient (Wildman–Crippen LogP) is -0.565. The van der Waals surface area contributed by atoms with E-state index in [-0.39, 0.29) is 0 Å². The average molecular weight is 271 g/mol. The highest BCUT2D eigenvalue weighted by molar-refractivity contribution is 5.79.